The zero-order valence-corrected chi connectivity index (χ0v) is 7.86. The van der Waals surface area contributed by atoms with Gasteiger partial charge < -0.3 is 0 Å². The normalized spacial score (nSPS) is 14.4. The van der Waals surface area contributed by atoms with Crippen molar-refractivity contribution >= 4 is 0 Å². The van der Waals surface area contributed by atoms with Gasteiger partial charge in [-0.1, -0.05) is 20.8 Å². The van der Waals surface area contributed by atoms with E-state index in [0.717, 1.165) is 5.06 Å². The molecule has 1 radical (unpaired) electrons. The van der Waals surface area contributed by atoms with Gasteiger partial charge in [0.15, 0.2) is 0 Å². The zero-order valence-electron chi connectivity index (χ0n) is 7.86. The van der Waals surface area contributed by atoms with E-state index in [-0.39, 0.29) is 11.0 Å². The fraction of sp³-hybridized carbons (Fsp3) is 1.00. The minimum absolute atomic E-state index is 0.0312. The summed E-state index contributed by atoms with van der Waals surface area (Å²) >= 11 is 0. The highest BCUT2D eigenvalue weighted by atomic mass is 16.5. The van der Waals surface area contributed by atoms with E-state index in [1.165, 1.54) is 0 Å². The molecule has 0 saturated carbocycles. The molecular weight excluding hydrogens is 126 g/mol. The molecule has 0 aromatic rings. The SMILES string of the molecule is CN([O])C(C)(C)C(C)(C)C. The smallest absolute Gasteiger partial charge is 0.0482 e. The summed E-state index contributed by atoms with van der Waals surface area (Å²) in [6, 6.07) is 0. The van der Waals surface area contributed by atoms with Crippen LogP contribution in [0.5, 0.6) is 0 Å². The quantitative estimate of drug-likeness (QED) is 0.517. The highest BCUT2D eigenvalue weighted by molar-refractivity contribution is 4.87. The summed E-state index contributed by atoms with van der Waals surface area (Å²) < 4.78 is 0. The Morgan fingerprint density at radius 1 is 1.00 bits per heavy atom. The van der Waals surface area contributed by atoms with Crippen molar-refractivity contribution in [1.82, 2.24) is 5.06 Å². The van der Waals surface area contributed by atoms with E-state index in [1.807, 2.05) is 13.8 Å². The lowest BCUT2D eigenvalue weighted by molar-refractivity contribution is -0.224. The molecule has 2 nitrogen and oxygen atoms in total. The van der Waals surface area contributed by atoms with Gasteiger partial charge in [0.2, 0.25) is 0 Å². The van der Waals surface area contributed by atoms with Gasteiger partial charge in [-0.05, 0) is 19.3 Å². The second kappa shape index (κ2) is 2.51. The lowest BCUT2D eigenvalue weighted by Gasteiger charge is -2.41. The highest BCUT2D eigenvalue weighted by Gasteiger charge is 2.36. The molecule has 0 heterocycles. The Bertz CT molecular complexity index is 111. The van der Waals surface area contributed by atoms with Gasteiger partial charge in [-0.25, -0.2) is 0 Å². The van der Waals surface area contributed by atoms with Crippen LogP contribution in [0.4, 0.5) is 0 Å². The lowest BCUT2D eigenvalue weighted by atomic mass is 9.76. The fourth-order valence-corrected chi connectivity index (χ4v) is 0.472. The van der Waals surface area contributed by atoms with Crippen LogP contribution in [0.2, 0.25) is 0 Å². The third-order valence-corrected chi connectivity index (χ3v) is 2.62. The third kappa shape index (κ3) is 1.70. The second-order valence-electron chi connectivity index (χ2n) is 4.31. The van der Waals surface area contributed by atoms with Crippen molar-refractivity contribution in [3.8, 4) is 0 Å². The van der Waals surface area contributed by atoms with Crippen LogP contribution in [0.1, 0.15) is 34.6 Å². The molecule has 0 aliphatic rings. The molecule has 0 bridgehead atoms. The lowest BCUT2D eigenvalue weighted by Crippen LogP contribution is -2.48. The first-order valence-corrected chi connectivity index (χ1v) is 3.60. The van der Waals surface area contributed by atoms with Crippen LogP contribution in [-0.2, 0) is 5.21 Å². The molecule has 0 spiro atoms. The molecular formula is C8H18NO. The molecule has 0 unspecified atom stereocenters. The van der Waals surface area contributed by atoms with Crippen molar-refractivity contribution in [2.24, 2.45) is 5.41 Å². The summed E-state index contributed by atoms with van der Waals surface area (Å²) in [7, 11) is 1.57. The van der Waals surface area contributed by atoms with E-state index in [9.17, 15) is 5.21 Å². The second-order valence-corrected chi connectivity index (χ2v) is 4.31. The Labute approximate surface area is 63.8 Å². The van der Waals surface area contributed by atoms with E-state index in [2.05, 4.69) is 20.8 Å². The van der Waals surface area contributed by atoms with Crippen molar-refractivity contribution in [2.75, 3.05) is 7.05 Å². The van der Waals surface area contributed by atoms with Gasteiger partial charge in [0, 0.05) is 12.6 Å². The molecule has 0 fully saturated rings. The number of nitrogens with zero attached hydrogens (tertiary/aromatic N) is 1. The molecule has 0 amide bonds. The minimum Gasteiger partial charge on any atom is -0.152 e. The molecule has 61 valence electrons. The summed E-state index contributed by atoms with van der Waals surface area (Å²) in [6.07, 6.45) is 0. The van der Waals surface area contributed by atoms with E-state index in [4.69, 9.17) is 0 Å². The first-order chi connectivity index (χ1) is 4.19. The predicted molar refractivity (Wildman–Crippen MR) is 42.0 cm³/mol. The molecule has 0 aliphatic carbocycles. The number of hydrogen-bond donors (Lipinski definition) is 0. The van der Waals surface area contributed by atoms with Crippen LogP contribution in [-0.4, -0.2) is 17.6 Å². The first-order valence-electron chi connectivity index (χ1n) is 3.60. The molecule has 10 heavy (non-hydrogen) atoms. The average Bonchev–Trinajstić information content (AvgIpc) is 1.62. The van der Waals surface area contributed by atoms with Gasteiger partial charge in [-0.3, -0.25) is 0 Å². The Morgan fingerprint density at radius 2 is 1.30 bits per heavy atom. The van der Waals surface area contributed by atoms with Crippen LogP contribution in [0.3, 0.4) is 0 Å². The average molecular weight is 144 g/mol. The largest absolute Gasteiger partial charge is 0.152 e. The van der Waals surface area contributed by atoms with Gasteiger partial charge in [-0.2, -0.15) is 5.06 Å². The highest BCUT2D eigenvalue weighted by Crippen LogP contribution is 2.33. The third-order valence-electron chi connectivity index (χ3n) is 2.62. The summed E-state index contributed by atoms with van der Waals surface area (Å²) in [5.41, 5.74) is -0.253. The maximum atomic E-state index is 11.0. The van der Waals surface area contributed by atoms with Crippen LogP contribution >= 0.6 is 0 Å². The number of hydroxylamine groups is 2. The summed E-state index contributed by atoms with van der Waals surface area (Å²) in [5.74, 6) is 0. The van der Waals surface area contributed by atoms with Crippen LogP contribution in [0.15, 0.2) is 0 Å². The maximum absolute atomic E-state index is 11.0. The van der Waals surface area contributed by atoms with Crippen LogP contribution < -0.4 is 0 Å². The molecule has 0 aliphatic heterocycles. The molecule has 2 heteroatoms. The minimum atomic E-state index is -0.285. The number of rotatable bonds is 1. The van der Waals surface area contributed by atoms with Crippen LogP contribution in [0.25, 0.3) is 0 Å². The van der Waals surface area contributed by atoms with Crippen molar-refractivity contribution in [2.45, 2.75) is 40.2 Å². The van der Waals surface area contributed by atoms with E-state index in [1.54, 1.807) is 7.05 Å². The van der Waals surface area contributed by atoms with Gasteiger partial charge >= 0.3 is 0 Å². The summed E-state index contributed by atoms with van der Waals surface area (Å²) in [6.45, 7) is 10.1. The summed E-state index contributed by atoms with van der Waals surface area (Å²) in [5, 5.41) is 12.0. The molecule has 0 saturated heterocycles. The van der Waals surface area contributed by atoms with Crippen molar-refractivity contribution in [3.05, 3.63) is 0 Å². The van der Waals surface area contributed by atoms with Gasteiger partial charge in [0.1, 0.15) is 0 Å². The van der Waals surface area contributed by atoms with Crippen molar-refractivity contribution < 1.29 is 5.21 Å². The molecule has 0 atom stereocenters. The fourth-order valence-electron chi connectivity index (χ4n) is 0.472. The molecule has 0 aromatic carbocycles. The van der Waals surface area contributed by atoms with E-state index in [0.29, 0.717) is 0 Å². The van der Waals surface area contributed by atoms with E-state index >= 15 is 0 Å². The molecule has 0 N–H and O–H groups in total. The predicted octanol–water partition coefficient (Wildman–Crippen LogP) is 2.09. The van der Waals surface area contributed by atoms with Gasteiger partial charge in [0.25, 0.3) is 0 Å². The maximum Gasteiger partial charge on any atom is 0.0482 e. The van der Waals surface area contributed by atoms with Crippen molar-refractivity contribution in [3.63, 3.8) is 0 Å². The standard InChI is InChI=1S/C8H18NO/c1-7(2,3)8(4,5)9(6)10/h1-6H3. The summed E-state index contributed by atoms with van der Waals surface area (Å²) in [4.78, 5) is 0. The van der Waals surface area contributed by atoms with Crippen LogP contribution in [0, 0.1) is 5.41 Å². The first kappa shape index (κ1) is 9.92. The Balaban J connectivity index is 4.40. The monoisotopic (exact) mass is 144 g/mol. The van der Waals surface area contributed by atoms with E-state index < -0.39 is 0 Å². The van der Waals surface area contributed by atoms with Crippen molar-refractivity contribution in [1.29, 1.82) is 0 Å². The Hall–Kier alpha value is -0.0800. The number of hydrogen-bond acceptors (Lipinski definition) is 1. The Kier molecular flexibility index (Phi) is 2.49. The van der Waals surface area contributed by atoms with Gasteiger partial charge in [0.05, 0.1) is 0 Å². The topological polar surface area (TPSA) is 23.1 Å². The Morgan fingerprint density at radius 3 is 1.30 bits per heavy atom. The molecule has 0 rings (SSSR count). The van der Waals surface area contributed by atoms with Gasteiger partial charge in [-0.15, -0.1) is 5.21 Å². The zero-order chi connectivity index (χ0) is 8.58. The molecule has 0 aromatic heterocycles.